The molecule has 0 amide bonds. The molecule has 29 heavy (non-hydrogen) atoms. The van der Waals surface area contributed by atoms with E-state index in [-0.39, 0.29) is 6.10 Å². The van der Waals surface area contributed by atoms with Gasteiger partial charge in [0.05, 0.1) is 13.7 Å². The molecular formula is C26H26O3. The minimum atomic E-state index is 0.275. The molecule has 0 bridgehead atoms. The van der Waals surface area contributed by atoms with E-state index in [0.717, 1.165) is 30.9 Å². The van der Waals surface area contributed by atoms with Gasteiger partial charge in [0.1, 0.15) is 24.2 Å². The Balaban J connectivity index is 1.50. The normalized spacial score (nSPS) is 22.6. The second-order valence-corrected chi connectivity index (χ2v) is 7.93. The Labute approximate surface area is 172 Å². The summed E-state index contributed by atoms with van der Waals surface area (Å²) in [6, 6.07) is 26.1. The van der Waals surface area contributed by atoms with Crippen LogP contribution in [-0.4, -0.2) is 26.4 Å². The minimum absolute atomic E-state index is 0.275. The molecule has 3 heteroatoms. The van der Waals surface area contributed by atoms with E-state index in [9.17, 15) is 0 Å². The Kier molecular flexibility index (Phi) is 4.99. The fourth-order valence-corrected chi connectivity index (χ4v) is 4.52. The number of hydrogen-bond donors (Lipinski definition) is 0. The fraction of sp³-hybridized carbons (Fsp3) is 0.308. The van der Waals surface area contributed by atoms with Gasteiger partial charge in [0, 0.05) is 5.92 Å². The number of hydrogen-bond acceptors (Lipinski definition) is 3. The minimum Gasteiger partial charge on any atom is -0.497 e. The van der Waals surface area contributed by atoms with Gasteiger partial charge in [-0.15, -0.1) is 0 Å². The summed E-state index contributed by atoms with van der Waals surface area (Å²) in [5, 5.41) is 0. The lowest BCUT2D eigenvalue weighted by atomic mass is 9.69. The van der Waals surface area contributed by atoms with E-state index < -0.39 is 0 Å². The van der Waals surface area contributed by atoms with Crippen molar-refractivity contribution >= 4 is 0 Å². The third kappa shape index (κ3) is 3.88. The lowest BCUT2D eigenvalue weighted by Gasteiger charge is -2.35. The smallest absolute Gasteiger partial charge is 0.119 e. The molecule has 3 aromatic rings. The fourth-order valence-electron chi connectivity index (χ4n) is 4.52. The SMILES string of the molecule is COc1ccc2c(c1)CC[C@@H](c1ccccc1)[C@H]2c1ccc(OCC2CO2)cc1. The summed E-state index contributed by atoms with van der Waals surface area (Å²) in [6.07, 6.45) is 2.48. The van der Waals surface area contributed by atoms with Crippen LogP contribution in [0.3, 0.4) is 0 Å². The summed E-state index contributed by atoms with van der Waals surface area (Å²) in [5.74, 6) is 2.63. The van der Waals surface area contributed by atoms with Crippen LogP contribution in [0.25, 0.3) is 0 Å². The number of methoxy groups -OCH3 is 1. The van der Waals surface area contributed by atoms with Crippen molar-refractivity contribution in [3.05, 3.63) is 95.1 Å². The quantitative estimate of drug-likeness (QED) is 0.536. The molecule has 0 saturated carbocycles. The number of fused-ring (bicyclic) bond motifs is 1. The van der Waals surface area contributed by atoms with E-state index in [1.54, 1.807) is 7.11 Å². The Morgan fingerprint density at radius 1 is 0.897 bits per heavy atom. The second-order valence-electron chi connectivity index (χ2n) is 7.93. The first kappa shape index (κ1) is 18.3. The van der Waals surface area contributed by atoms with Gasteiger partial charge in [-0.25, -0.2) is 0 Å². The van der Waals surface area contributed by atoms with Gasteiger partial charge in [0.25, 0.3) is 0 Å². The Hall–Kier alpha value is -2.78. The standard InChI is InChI=1S/C26H26O3/c1-27-22-12-14-25-20(15-22)9-13-24(18-5-3-2-4-6-18)26(25)19-7-10-21(11-8-19)28-16-23-17-29-23/h2-8,10-12,14-15,23-24,26H,9,13,16-17H2,1H3/t23?,24-,26+/m0/s1. The van der Waals surface area contributed by atoms with Crippen molar-refractivity contribution < 1.29 is 14.2 Å². The highest BCUT2D eigenvalue weighted by atomic mass is 16.6. The van der Waals surface area contributed by atoms with Crippen LogP contribution >= 0.6 is 0 Å². The maximum Gasteiger partial charge on any atom is 0.119 e. The number of aryl methyl sites for hydroxylation is 1. The van der Waals surface area contributed by atoms with Crippen LogP contribution in [0.5, 0.6) is 11.5 Å². The van der Waals surface area contributed by atoms with Crippen molar-refractivity contribution in [1.82, 2.24) is 0 Å². The van der Waals surface area contributed by atoms with Gasteiger partial charge in [0.15, 0.2) is 0 Å². The van der Waals surface area contributed by atoms with Crippen molar-refractivity contribution in [2.24, 2.45) is 0 Å². The third-order valence-corrected chi connectivity index (χ3v) is 6.12. The van der Waals surface area contributed by atoms with Crippen LogP contribution in [0, 0.1) is 0 Å². The number of epoxide rings is 1. The van der Waals surface area contributed by atoms with Gasteiger partial charge < -0.3 is 14.2 Å². The van der Waals surface area contributed by atoms with Crippen molar-refractivity contribution in [3.63, 3.8) is 0 Å². The number of benzene rings is 3. The Morgan fingerprint density at radius 2 is 1.66 bits per heavy atom. The Morgan fingerprint density at radius 3 is 2.38 bits per heavy atom. The van der Waals surface area contributed by atoms with Gasteiger partial charge in [-0.3, -0.25) is 0 Å². The highest BCUT2D eigenvalue weighted by Gasteiger charge is 2.32. The van der Waals surface area contributed by atoms with Crippen LogP contribution in [0.4, 0.5) is 0 Å². The Bertz CT molecular complexity index is 961. The molecule has 1 heterocycles. The average molecular weight is 386 g/mol. The molecular weight excluding hydrogens is 360 g/mol. The van der Waals surface area contributed by atoms with Crippen molar-refractivity contribution in [1.29, 1.82) is 0 Å². The zero-order chi connectivity index (χ0) is 19.6. The molecule has 1 aliphatic carbocycles. The monoisotopic (exact) mass is 386 g/mol. The molecule has 1 aliphatic heterocycles. The van der Waals surface area contributed by atoms with E-state index in [1.807, 2.05) is 0 Å². The van der Waals surface area contributed by atoms with Crippen LogP contribution in [-0.2, 0) is 11.2 Å². The van der Waals surface area contributed by atoms with Crippen LogP contribution in [0.15, 0.2) is 72.8 Å². The van der Waals surface area contributed by atoms with Crippen molar-refractivity contribution in [3.8, 4) is 11.5 Å². The molecule has 3 nitrogen and oxygen atoms in total. The maximum atomic E-state index is 5.84. The van der Waals surface area contributed by atoms with Gasteiger partial charge in [-0.2, -0.15) is 0 Å². The summed E-state index contributed by atoms with van der Waals surface area (Å²) >= 11 is 0. The molecule has 0 N–H and O–H groups in total. The molecule has 0 radical (unpaired) electrons. The second kappa shape index (κ2) is 7.92. The van der Waals surface area contributed by atoms with Gasteiger partial charge >= 0.3 is 0 Å². The predicted octanol–water partition coefficient (Wildman–Crippen LogP) is 5.33. The zero-order valence-electron chi connectivity index (χ0n) is 16.7. The molecule has 2 aliphatic rings. The van der Waals surface area contributed by atoms with Gasteiger partial charge in [-0.05, 0) is 65.3 Å². The summed E-state index contributed by atoms with van der Waals surface area (Å²) < 4.78 is 16.5. The lowest BCUT2D eigenvalue weighted by Crippen LogP contribution is -2.20. The summed E-state index contributed by atoms with van der Waals surface area (Å²) in [6.45, 7) is 1.46. The van der Waals surface area contributed by atoms with E-state index in [2.05, 4.69) is 72.8 Å². The predicted molar refractivity (Wildman–Crippen MR) is 114 cm³/mol. The lowest BCUT2D eigenvalue weighted by molar-refractivity contribution is 0.263. The molecule has 0 aromatic heterocycles. The molecule has 0 spiro atoms. The summed E-state index contributed by atoms with van der Waals surface area (Å²) in [7, 11) is 1.74. The highest BCUT2D eigenvalue weighted by Crippen LogP contribution is 2.47. The first-order valence-corrected chi connectivity index (χ1v) is 10.4. The van der Waals surface area contributed by atoms with Crippen molar-refractivity contribution in [2.75, 3.05) is 20.3 Å². The number of rotatable bonds is 6. The van der Waals surface area contributed by atoms with E-state index >= 15 is 0 Å². The summed E-state index contributed by atoms with van der Waals surface area (Å²) in [5.41, 5.74) is 5.55. The topological polar surface area (TPSA) is 31.0 Å². The molecule has 5 rings (SSSR count). The van der Waals surface area contributed by atoms with Gasteiger partial charge in [0.2, 0.25) is 0 Å². The summed E-state index contributed by atoms with van der Waals surface area (Å²) in [4.78, 5) is 0. The maximum absolute atomic E-state index is 5.84. The molecule has 1 saturated heterocycles. The highest BCUT2D eigenvalue weighted by molar-refractivity contribution is 5.48. The van der Waals surface area contributed by atoms with E-state index in [0.29, 0.717) is 18.4 Å². The zero-order valence-corrected chi connectivity index (χ0v) is 16.7. The third-order valence-electron chi connectivity index (χ3n) is 6.12. The molecule has 1 fully saturated rings. The van der Waals surface area contributed by atoms with Crippen LogP contribution < -0.4 is 9.47 Å². The molecule has 148 valence electrons. The van der Waals surface area contributed by atoms with E-state index in [4.69, 9.17) is 14.2 Å². The number of ether oxygens (including phenoxy) is 3. The first-order valence-electron chi connectivity index (χ1n) is 10.4. The largest absolute Gasteiger partial charge is 0.497 e. The molecule has 3 aromatic carbocycles. The average Bonchev–Trinajstić information content (AvgIpc) is 3.62. The van der Waals surface area contributed by atoms with Crippen molar-refractivity contribution in [2.45, 2.75) is 30.8 Å². The van der Waals surface area contributed by atoms with Crippen LogP contribution in [0.1, 0.15) is 40.5 Å². The first-order chi connectivity index (χ1) is 14.3. The molecule has 3 atom stereocenters. The van der Waals surface area contributed by atoms with E-state index in [1.165, 1.54) is 22.3 Å². The molecule has 1 unspecified atom stereocenters. The van der Waals surface area contributed by atoms with Gasteiger partial charge in [-0.1, -0.05) is 48.5 Å². The van der Waals surface area contributed by atoms with Crippen LogP contribution in [0.2, 0.25) is 0 Å².